The van der Waals surface area contributed by atoms with E-state index in [1.807, 2.05) is 0 Å². The minimum atomic E-state index is -6.10. The van der Waals surface area contributed by atoms with E-state index in [1.54, 1.807) is 0 Å². The Morgan fingerprint density at radius 2 is 1.62 bits per heavy atom. The van der Waals surface area contributed by atoms with Crippen molar-refractivity contribution in [3.8, 4) is 0 Å². The zero-order chi connectivity index (χ0) is 25.8. The number of fused-ring (bicyclic) bond motifs is 1. The van der Waals surface area contributed by atoms with Crippen LogP contribution in [0.5, 0.6) is 0 Å². The number of halogens is 8. The number of nitrogens with zero attached hydrogens (tertiary/aromatic N) is 2. The van der Waals surface area contributed by atoms with Gasteiger partial charge in [0.25, 0.3) is 0 Å². The van der Waals surface area contributed by atoms with Crippen molar-refractivity contribution in [3.63, 3.8) is 0 Å². The van der Waals surface area contributed by atoms with Gasteiger partial charge in [0.1, 0.15) is 17.3 Å². The van der Waals surface area contributed by atoms with E-state index >= 15 is 8.78 Å². The van der Waals surface area contributed by atoms with Crippen LogP contribution in [0.25, 0.3) is 0 Å². The van der Waals surface area contributed by atoms with Crippen molar-refractivity contribution in [1.29, 1.82) is 0 Å². The third kappa shape index (κ3) is 4.21. The molecule has 34 heavy (non-hydrogen) atoms. The molecule has 1 aliphatic heterocycles. The Bertz CT molecular complexity index is 1140. The lowest BCUT2D eigenvalue weighted by Crippen LogP contribution is -2.53. The van der Waals surface area contributed by atoms with Gasteiger partial charge in [-0.2, -0.15) is 22.0 Å². The minimum absolute atomic E-state index is 0.0751. The third-order valence-electron chi connectivity index (χ3n) is 5.38. The molecule has 1 aromatic carbocycles. The van der Waals surface area contributed by atoms with Crippen LogP contribution in [-0.4, -0.2) is 23.0 Å². The summed E-state index contributed by atoms with van der Waals surface area (Å²) >= 11 is 0. The number of nitrogens with two attached hydrogens (primary N) is 1. The van der Waals surface area contributed by atoms with Crippen LogP contribution in [0.2, 0.25) is 0 Å². The highest BCUT2D eigenvalue weighted by Crippen LogP contribution is 2.55. The van der Waals surface area contributed by atoms with Gasteiger partial charge >= 0.3 is 12.1 Å². The molecule has 0 saturated heterocycles. The van der Waals surface area contributed by atoms with Crippen LogP contribution in [-0.2, 0) is 11.2 Å². The Morgan fingerprint density at radius 1 is 1.06 bits per heavy atom. The van der Waals surface area contributed by atoms with Crippen molar-refractivity contribution in [2.75, 3.05) is 4.90 Å². The molecule has 1 unspecified atom stereocenters. The number of allylic oxidation sites excluding steroid dienone is 1. The van der Waals surface area contributed by atoms with Crippen LogP contribution in [0.3, 0.4) is 0 Å². The van der Waals surface area contributed by atoms with Crippen LogP contribution in [0.1, 0.15) is 26.3 Å². The summed E-state index contributed by atoms with van der Waals surface area (Å²) in [6.07, 6.45) is -5.50. The number of aromatic nitrogens is 1. The lowest BCUT2D eigenvalue weighted by Gasteiger charge is -2.45. The van der Waals surface area contributed by atoms with Crippen molar-refractivity contribution in [2.45, 2.75) is 39.3 Å². The highest BCUT2D eigenvalue weighted by molar-refractivity contribution is 5.96. The largest absolute Gasteiger partial charge is 0.453 e. The summed E-state index contributed by atoms with van der Waals surface area (Å²) in [5, 5.41) is 0. The molecule has 12 heteroatoms. The zero-order valence-electron chi connectivity index (χ0n) is 18.1. The number of alkyl halides is 5. The minimum Gasteiger partial charge on any atom is -0.366 e. The fourth-order valence-corrected chi connectivity index (χ4v) is 4.08. The number of primary amides is 1. The van der Waals surface area contributed by atoms with Gasteiger partial charge in [-0.05, 0) is 11.5 Å². The molecule has 2 N–H and O–H groups in total. The molecule has 2 heterocycles. The Morgan fingerprint density at radius 3 is 2.09 bits per heavy atom. The first-order chi connectivity index (χ1) is 15.5. The second kappa shape index (κ2) is 8.24. The first-order valence-corrected chi connectivity index (χ1v) is 9.84. The molecule has 3 rings (SSSR count). The van der Waals surface area contributed by atoms with Crippen molar-refractivity contribution < 1.29 is 39.9 Å². The summed E-state index contributed by atoms with van der Waals surface area (Å²) in [5.74, 6) is -14.7. The van der Waals surface area contributed by atoms with E-state index in [0.29, 0.717) is 4.90 Å². The van der Waals surface area contributed by atoms with Gasteiger partial charge in [-0.3, -0.25) is 9.69 Å². The Balaban J connectivity index is 2.51. The van der Waals surface area contributed by atoms with Gasteiger partial charge in [0.05, 0.1) is 5.92 Å². The van der Waals surface area contributed by atoms with E-state index < -0.39 is 76.0 Å². The van der Waals surface area contributed by atoms with Crippen LogP contribution >= 0.6 is 0 Å². The van der Waals surface area contributed by atoms with Crippen molar-refractivity contribution in [3.05, 3.63) is 64.7 Å². The summed E-state index contributed by atoms with van der Waals surface area (Å²) in [6, 6.07) is 3.16. The zero-order valence-corrected chi connectivity index (χ0v) is 18.1. The molecule has 0 spiro atoms. The van der Waals surface area contributed by atoms with E-state index in [1.165, 1.54) is 12.1 Å². The molecule has 1 aliphatic rings. The number of carbonyl (C=O) groups excluding carboxylic acids is 1. The average molecular weight is 493 g/mol. The fourth-order valence-electron chi connectivity index (χ4n) is 4.08. The second-order valence-corrected chi connectivity index (χ2v) is 8.86. The molecule has 184 valence electrons. The van der Waals surface area contributed by atoms with E-state index in [9.17, 15) is 31.1 Å². The maximum Gasteiger partial charge on any atom is 0.453 e. The quantitative estimate of drug-likeness (QED) is 0.549. The molecule has 0 fully saturated rings. The van der Waals surface area contributed by atoms with Gasteiger partial charge in [0.15, 0.2) is 11.6 Å². The molecule has 1 amide bonds. The van der Waals surface area contributed by atoms with E-state index in [0.717, 1.165) is 27.0 Å². The number of carbonyl (C=O) groups is 1. The third-order valence-corrected chi connectivity index (χ3v) is 5.38. The molecular formula is C22H19F8N3O. The molecule has 1 aromatic heterocycles. The normalized spacial score (nSPS) is 15.9. The number of rotatable bonds is 4. The molecule has 0 bridgehead atoms. The molecule has 0 radical (unpaired) electrons. The van der Waals surface area contributed by atoms with Gasteiger partial charge in [-0.25, -0.2) is 18.2 Å². The van der Waals surface area contributed by atoms with Gasteiger partial charge in [-0.1, -0.05) is 26.8 Å². The van der Waals surface area contributed by atoms with Crippen LogP contribution in [0.4, 0.5) is 46.6 Å². The second-order valence-electron chi connectivity index (χ2n) is 8.86. The molecule has 2 aromatic rings. The smallest absolute Gasteiger partial charge is 0.366 e. The van der Waals surface area contributed by atoms with Crippen LogP contribution in [0, 0.1) is 28.8 Å². The Hall–Kier alpha value is -3.18. The summed E-state index contributed by atoms with van der Waals surface area (Å²) in [4.78, 5) is 16.6. The summed E-state index contributed by atoms with van der Waals surface area (Å²) in [6.45, 7) is 3.14. The lowest BCUT2D eigenvalue weighted by molar-refractivity contribution is -0.308. The molecule has 1 atom stereocenters. The van der Waals surface area contributed by atoms with Crippen molar-refractivity contribution in [2.24, 2.45) is 17.1 Å². The van der Waals surface area contributed by atoms with Crippen LogP contribution < -0.4 is 10.6 Å². The first kappa shape index (κ1) is 25.4. The maximum atomic E-state index is 15.0. The number of hydrogen-bond acceptors (Lipinski definition) is 3. The Labute approximate surface area is 189 Å². The topological polar surface area (TPSA) is 59.2 Å². The highest BCUT2D eigenvalue weighted by Gasteiger charge is 2.67. The van der Waals surface area contributed by atoms with Gasteiger partial charge < -0.3 is 5.73 Å². The number of anilines is 2. The number of hydrogen-bond donors (Lipinski definition) is 1. The fraction of sp³-hybridized carbons (Fsp3) is 0.364. The molecule has 0 saturated carbocycles. The van der Waals surface area contributed by atoms with Crippen molar-refractivity contribution >= 4 is 17.4 Å². The molecule has 4 nitrogen and oxygen atoms in total. The first-order valence-electron chi connectivity index (χ1n) is 9.84. The van der Waals surface area contributed by atoms with Gasteiger partial charge in [0.2, 0.25) is 5.91 Å². The molecule has 0 aliphatic carbocycles. The van der Waals surface area contributed by atoms with Gasteiger partial charge in [0, 0.05) is 41.6 Å². The predicted octanol–water partition coefficient (Wildman–Crippen LogP) is 5.79. The lowest BCUT2D eigenvalue weighted by atomic mass is 9.71. The van der Waals surface area contributed by atoms with E-state index in [2.05, 4.69) is 4.98 Å². The van der Waals surface area contributed by atoms with Gasteiger partial charge in [-0.15, -0.1) is 0 Å². The average Bonchev–Trinajstić information content (AvgIpc) is 2.65. The highest BCUT2D eigenvalue weighted by atomic mass is 19.4. The number of pyridine rings is 1. The predicted molar refractivity (Wildman–Crippen MR) is 107 cm³/mol. The summed E-state index contributed by atoms with van der Waals surface area (Å²) < 4.78 is 114. The van der Waals surface area contributed by atoms with Crippen molar-refractivity contribution in [1.82, 2.24) is 4.98 Å². The maximum absolute atomic E-state index is 15.0. The Kier molecular flexibility index (Phi) is 6.17. The van der Waals surface area contributed by atoms with E-state index in [4.69, 9.17) is 5.73 Å². The van der Waals surface area contributed by atoms with E-state index in [-0.39, 0.29) is 17.7 Å². The standard InChI is InChI=1S/C22H19F8N3O/c1-20(2,3)17(21(26,27)22(28,29)30)15-12(18(31)34)7-10-5-4-6-32-19(10)33(15)16-13(24)8-11(23)9-14(16)25/h4-6,8-9,17H,7H2,1-3H3,(H2,31,34). The summed E-state index contributed by atoms with van der Waals surface area (Å²) in [5.41, 5.74) is 0.557. The molecular weight excluding hydrogens is 474 g/mol. The van der Waals surface area contributed by atoms with Crippen LogP contribution in [0.15, 0.2) is 41.7 Å². The monoisotopic (exact) mass is 493 g/mol. The SMILES string of the molecule is CC(C)(C)C(C1=C(C(N)=O)Cc2cccnc2N1c1c(F)cc(F)cc1F)C(F)(F)C(F)(F)F. The number of benzene rings is 1. The summed E-state index contributed by atoms with van der Waals surface area (Å²) in [7, 11) is 0. The number of amides is 1.